The highest BCUT2D eigenvalue weighted by atomic mass is 35.5. The van der Waals surface area contributed by atoms with E-state index in [0.717, 1.165) is 43.8 Å². The molecule has 0 radical (unpaired) electrons. The number of carbonyl (C=O) groups excluding carboxylic acids is 1. The highest BCUT2D eigenvalue weighted by molar-refractivity contribution is 6.08. The van der Waals surface area contributed by atoms with Crippen molar-refractivity contribution in [3.8, 4) is 0 Å². The lowest BCUT2D eigenvalue weighted by Crippen LogP contribution is -2.47. The standard InChI is InChI=1S/C29H33N3O.ClH/c1-2-20-29(23-13-6-3-7-14-23,24-15-8-4-9-16-24)22-31-27-26(19-12-21-30-27)28(33)32-25-17-10-5-11-18-25;/h3-11,13-18,26H,2,12,19-22H2,1H3,(H,30,31)(H,32,33);1H. The van der Waals surface area contributed by atoms with Crippen molar-refractivity contribution in [3.63, 3.8) is 0 Å². The summed E-state index contributed by atoms with van der Waals surface area (Å²) in [5.74, 6) is 0.555. The Bertz CT molecular complexity index is 1020. The Kier molecular flexibility index (Phi) is 9.29. The highest BCUT2D eigenvalue weighted by Gasteiger charge is 2.35. The molecule has 1 heterocycles. The van der Waals surface area contributed by atoms with E-state index >= 15 is 0 Å². The minimum Gasteiger partial charge on any atom is -0.372 e. The zero-order valence-electron chi connectivity index (χ0n) is 19.7. The van der Waals surface area contributed by atoms with Crippen LogP contribution in [-0.4, -0.2) is 24.8 Å². The molecule has 34 heavy (non-hydrogen) atoms. The van der Waals surface area contributed by atoms with Gasteiger partial charge in [0.1, 0.15) is 5.84 Å². The Morgan fingerprint density at radius 1 is 0.912 bits per heavy atom. The number of rotatable bonds is 8. The van der Waals surface area contributed by atoms with E-state index < -0.39 is 0 Å². The van der Waals surface area contributed by atoms with E-state index in [4.69, 9.17) is 4.99 Å². The monoisotopic (exact) mass is 475 g/mol. The molecule has 3 aromatic carbocycles. The molecule has 1 aliphatic heterocycles. The SMILES string of the molecule is CCCC(CNC1=NCCCC1C(=O)Nc1ccccc1)(c1ccccc1)c1ccccc1.Cl. The van der Waals surface area contributed by atoms with Crippen molar-refractivity contribution >= 4 is 29.8 Å². The van der Waals surface area contributed by atoms with Crippen molar-refractivity contribution < 1.29 is 4.79 Å². The van der Waals surface area contributed by atoms with Crippen LogP contribution in [0.2, 0.25) is 0 Å². The predicted molar refractivity (Wildman–Crippen MR) is 144 cm³/mol. The Morgan fingerprint density at radius 3 is 2.03 bits per heavy atom. The molecule has 1 aliphatic rings. The molecule has 0 spiro atoms. The molecule has 0 fully saturated rings. The summed E-state index contributed by atoms with van der Waals surface area (Å²) in [6, 6.07) is 31.1. The van der Waals surface area contributed by atoms with Gasteiger partial charge in [0, 0.05) is 24.2 Å². The van der Waals surface area contributed by atoms with Gasteiger partial charge in [0.2, 0.25) is 5.91 Å². The number of nitrogens with zero attached hydrogens (tertiary/aromatic N) is 1. The van der Waals surface area contributed by atoms with E-state index in [2.05, 4.69) is 78.2 Å². The van der Waals surface area contributed by atoms with Gasteiger partial charge in [-0.2, -0.15) is 0 Å². The minimum absolute atomic E-state index is 0. The third-order valence-electron chi connectivity index (χ3n) is 6.52. The normalized spacial score (nSPS) is 15.6. The van der Waals surface area contributed by atoms with Crippen molar-refractivity contribution in [1.82, 2.24) is 5.32 Å². The maximum Gasteiger partial charge on any atom is 0.235 e. The quantitative estimate of drug-likeness (QED) is 0.405. The van der Waals surface area contributed by atoms with Crippen LogP contribution >= 0.6 is 12.4 Å². The molecule has 0 aromatic heterocycles. The van der Waals surface area contributed by atoms with Gasteiger partial charge in [0.15, 0.2) is 0 Å². The fourth-order valence-electron chi connectivity index (χ4n) is 4.86. The van der Waals surface area contributed by atoms with Crippen LogP contribution < -0.4 is 10.6 Å². The first-order chi connectivity index (χ1) is 16.2. The number of hydrogen-bond acceptors (Lipinski definition) is 3. The van der Waals surface area contributed by atoms with Crippen LogP contribution in [0.25, 0.3) is 0 Å². The Labute approximate surface area is 209 Å². The first-order valence-electron chi connectivity index (χ1n) is 12.0. The molecule has 1 unspecified atom stereocenters. The van der Waals surface area contributed by atoms with Crippen LogP contribution in [0.4, 0.5) is 5.69 Å². The Morgan fingerprint density at radius 2 is 1.47 bits per heavy atom. The van der Waals surface area contributed by atoms with Gasteiger partial charge >= 0.3 is 0 Å². The van der Waals surface area contributed by atoms with Crippen LogP contribution in [-0.2, 0) is 10.2 Å². The van der Waals surface area contributed by atoms with Crippen molar-refractivity contribution in [2.75, 3.05) is 18.4 Å². The first kappa shape index (κ1) is 25.5. The average Bonchev–Trinajstić information content (AvgIpc) is 2.88. The van der Waals surface area contributed by atoms with Crippen LogP contribution in [0.5, 0.6) is 0 Å². The lowest BCUT2D eigenvalue weighted by atomic mass is 9.71. The van der Waals surface area contributed by atoms with Crippen LogP contribution in [0, 0.1) is 5.92 Å². The van der Waals surface area contributed by atoms with E-state index in [1.165, 1.54) is 11.1 Å². The maximum absolute atomic E-state index is 13.1. The second-order valence-electron chi connectivity index (χ2n) is 8.73. The number of aliphatic imine (C=N–C) groups is 1. The van der Waals surface area contributed by atoms with Gasteiger partial charge in [-0.25, -0.2) is 0 Å². The van der Waals surface area contributed by atoms with Gasteiger partial charge in [-0.3, -0.25) is 9.79 Å². The molecule has 4 nitrogen and oxygen atoms in total. The molecule has 4 rings (SSSR count). The Hall–Kier alpha value is -3.11. The summed E-state index contributed by atoms with van der Waals surface area (Å²) in [4.78, 5) is 17.9. The number of amides is 1. The lowest BCUT2D eigenvalue weighted by Gasteiger charge is -2.37. The minimum atomic E-state index is -0.259. The summed E-state index contributed by atoms with van der Waals surface area (Å²) in [5, 5.41) is 6.72. The fourth-order valence-corrected chi connectivity index (χ4v) is 4.86. The highest BCUT2D eigenvalue weighted by Crippen LogP contribution is 2.36. The molecule has 178 valence electrons. The molecule has 0 aliphatic carbocycles. The lowest BCUT2D eigenvalue weighted by molar-refractivity contribution is -0.118. The van der Waals surface area contributed by atoms with E-state index in [-0.39, 0.29) is 29.6 Å². The molecular formula is C29H34ClN3O. The Balaban J connectivity index is 0.00000324. The summed E-state index contributed by atoms with van der Waals surface area (Å²) in [6.07, 6.45) is 3.79. The van der Waals surface area contributed by atoms with Gasteiger partial charge < -0.3 is 10.6 Å². The van der Waals surface area contributed by atoms with E-state index in [0.29, 0.717) is 6.54 Å². The van der Waals surface area contributed by atoms with Gasteiger partial charge in [-0.05, 0) is 42.5 Å². The third kappa shape index (κ3) is 5.87. The molecular weight excluding hydrogens is 442 g/mol. The second kappa shape index (κ2) is 12.4. The fraction of sp³-hybridized carbons (Fsp3) is 0.310. The average molecular weight is 476 g/mol. The van der Waals surface area contributed by atoms with Crippen LogP contribution in [0.15, 0.2) is 96.0 Å². The first-order valence-corrected chi connectivity index (χ1v) is 12.0. The zero-order chi connectivity index (χ0) is 22.9. The summed E-state index contributed by atoms with van der Waals surface area (Å²) >= 11 is 0. The molecule has 3 aromatic rings. The molecule has 1 atom stereocenters. The molecule has 0 bridgehead atoms. The van der Waals surface area contributed by atoms with Crippen LogP contribution in [0.1, 0.15) is 43.7 Å². The molecule has 1 amide bonds. The predicted octanol–water partition coefficient (Wildman–Crippen LogP) is 6.23. The van der Waals surface area contributed by atoms with Gasteiger partial charge in [0.25, 0.3) is 0 Å². The molecule has 2 N–H and O–H groups in total. The summed E-state index contributed by atoms with van der Waals surface area (Å²) in [7, 11) is 0. The maximum atomic E-state index is 13.1. The van der Waals surface area contributed by atoms with Crippen molar-refractivity contribution in [3.05, 3.63) is 102 Å². The summed E-state index contributed by atoms with van der Waals surface area (Å²) in [5.41, 5.74) is 3.19. The van der Waals surface area contributed by atoms with Crippen LogP contribution in [0.3, 0.4) is 0 Å². The van der Waals surface area contributed by atoms with Gasteiger partial charge in [-0.15, -0.1) is 12.4 Å². The van der Waals surface area contributed by atoms with Gasteiger partial charge in [-0.1, -0.05) is 92.2 Å². The topological polar surface area (TPSA) is 53.5 Å². The second-order valence-corrected chi connectivity index (χ2v) is 8.73. The summed E-state index contributed by atoms with van der Waals surface area (Å²) in [6.45, 7) is 3.69. The smallest absolute Gasteiger partial charge is 0.235 e. The number of carbonyl (C=O) groups is 1. The summed E-state index contributed by atoms with van der Waals surface area (Å²) < 4.78 is 0. The van der Waals surface area contributed by atoms with Gasteiger partial charge in [0.05, 0.1) is 5.92 Å². The molecule has 0 saturated heterocycles. The number of amidine groups is 1. The largest absolute Gasteiger partial charge is 0.372 e. The van der Waals surface area contributed by atoms with E-state index in [9.17, 15) is 4.79 Å². The van der Waals surface area contributed by atoms with Crippen molar-refractivity contribution in [2.45, 2.75) is 38.0 Å². The molecule has 0 saturated carbocycles. The third-order valence-corrected chi connectivity index (χ3v) is 6.52. The number of para-hydroxylation sites is 1. The number of nitrogens with one attached hydrogen (secondary N) is 2. The number of halogens is 1. The van der Waals surface area contributed by atoms with E-state index in [1.54, 1.807) is 0 Å². The number of hydrogen-bond donors (Lipinski definition) is 2. The van der Waals surface area contributed by atoms with Crippen molar-refractivity contribution in [1.29, 1.82) is 0 Å². The van der Waals surface area contributed by atoms with E-state index in [1.807, 2.05) is 30.3 Å². The molecule has 5 heteroatoms. The zero-order valence-corrected chi connectivity index (χ0v) is 20.6. The number of benzene rings is 3. The van der Waals surface area contributed by atoms with Crippen molar-refractivity contribution in [2.24, 2.45) is 10.9 Å². The number of anilines is 1.